The van der Waals surface area contributed by atoms with Crippen LogP contribution in [0.3, 0.4) is 0 Å². The van der Waals surface area contributed by atoms with Crippen LogP contribution in [0.1, 0.15) is 42.1 Å². The highest BCUT2D eigenvalue weighted by molar-refractivity contribution is 6.34. The molecule has 4 aromatic rings. The van der Waals surface area contributed by atoms with Gasteiger partial charge in [0.1, 0.15) is 11.3 Å². The number of anilines is 1. The Labute approximate surface area is 178 Å². The third-order valence-corrected chi connectivity index (χ3v) is 5.50. The summed E-state index contributed by atoms with van der Waals surface area (Å²) in [4.78, 5) is 17.1. The number of carbonyl (C=O) groups is 1. The van der Waals surface area contributed by atoms with Crippen molar-refractivity contribution in [2.24, 2.45) is 0 Å². The molecule has 0 bridgehead atoms. The lowest BCUT2D eigenvalue weighted by atomic mass is 9.98. The predicted octanol–water partition coefficient (Wildman–Crippen LogP) is 7.05. The van der Waals surface area contributed by atoms with Crippen molar-refractivity contribution in [1.29, 1.82) is 0 Å². The number of aromatic nitrogens is 1. The molecule has 3 aromatic carbocycles. The minimum Gasteiger partial charge on any atom is -0.436 e. The fraction of sp³-hybridized carbons (Fsp3) is 0.167. The third kappa shape index (κ3) is 3.94. The monoisotopic (exact) mass is 422 g/mol. The molecule has 6 heteroatoms. The molecule has 152 valence electrons. The molecule has 0 aliphatic heterocycles. The fourth-order valence-electron chi connectivity index (χ4n) is 3.20. The van der Waals surface area contributed by atoms with Crippen molar-refractivity contribution < 1.29 is 13.6 Å². The van der Waals surface area contributed by atoms with Crippen LogP contribution in [0.5, 0.6) is 0 Å². The number of carbonyl (C=O) groups excluding carboxylic acids is 1. The lowest BCUT2D eigenvalue weighted by Crippen LogP contribution is -2.14. The molecule has 1 aromatic heterocycles. The summed E-state index contributed by atoms with van der Waals surface area (Å²) < 4.78 is 19.8. The summed E-state index contributed by atoms with van der Waals surface area (Å²) in [5, 5.41) is 2.99. The topological polar surface area (TPSA) is 55.1 Å². The highest BCUT2D eigenvalue weighted by Crippen LogP contribution is 2.32. The molecule has 4 nitrogen and oxygen atoms in total. The van der Waals surface area contributed by atoms with Crippen molar-refractivity contribution in [2.75, 3.05) is 5.32 Å². The minimum atomic E-state index is -0.599. The molecular weight excluding hydrogens is 403 g/mol. The Kier molecular flexibility index (Phi) is 5.55. The number of rotatable bonds is 5. The van der Waals surface area contributed by atoms with Crippen molar-refractivity contribution in [3.05, 3.63) is 82.6 Å². The molecule has 4 rings (SSSR count). The lowest BCUT2D eigenvalue weighted by Gasteiger charge is -2.09. The van der Waals surface area contributed by atoms with Gasteiger partial charge in [0.2, 0.25) is 5.89 Å². The van der Waals surface area contributed by atoms with Crippen LogP contribution >= 0.6 is 11.6 Å². The first-order valence-electron chi connectivity index (χ1n) is 9.72. The number of hydrogen-bond acceptors (Lipinski definition) is 3. The number of fused-ring (bicyclic) bond motifs is 1. The zero-order valence-corrected chi connectivity index (χ0v) is 17.3. The van der Waals surface area contributed by atoms with Crippen molar-refractivity contribution in [2.45, 2.75) is 26.2 Å². The van der Waals surface area contributed by atoms with Crippen LogP contribution in [0.15, 0.2) is 65.1 Å². The van der Waals surface area contributed by atoms with Gasteiger partial charge in [-0.3, -0.25) is 4.79 Å². The molecule has 1 heterocycles. The van der Waals surface area contributed by atoms with Crippen molar-refractivity contribution in [3.8, 4) is 11.5 Å². The second kappa shape index (κ2) is 8.28. The van der Waals surface area contributed by atoms with Gasteiger partial charge >= 0.3 is 0 Å². The average Bonchev–Trinajstić information content (AvgIpc) is 3.18. The Balaban J connectivity index is 1.66. The van der Waals surface area contributed by atoms with Crippen LogP contribution in [0.4, 0.5) is 10.1 Å². The average molecular weight is 423 g/mol. The first kappa shape index (κ1) is 20.1. The van der Waals surface area contributed by atoms with Gasteiger partial charge < -0.3 is 9.73 Å². The number of halogens is 2. The van der Waals surface area contributed by atoms with Gasteiger partial charge in [-0.25, -0.2) is 9.37 Å². The van der Waals surface area contributed by atoms with Gasteiger partial charge in [0.25, 0.3) is 5.91 Å². The molecule has 0 aliphatic carbocycles. The van der Waals surface area contributed by atoms with Gasteiger partial charge in [0.05, 0.1) is 16.3 Å². The summed E-state index contributed by atoms with van der Waals surface area (Å²) in [6, 6.07) is 16.9. The number of nitrogens with zero attached hydrogens (tertiary/aromatic N) is 1. The molecule has 0 saturated heterocycles. The van der Waals surface area contributed by atoms with Crippen LogP contribution in [0.2, 0.25) is 5.02 Å². The van der Waals surface area contributed by atoms with Crippen molar-refractivity contribution >= 4 is 34.3 Å². The Hall–Kier alpha value is -3.18. The van der Waals surface area contributed by atoms with Gasteiger partial charge in [-0.1, -0.05) is 43.6 Å². The molecule has 0 radical (unpaired) electrons. The van der Waals surface area contributed by atoms with E-state index in [1.165, 1.54) is 23.8 Å². The first-order valence-corrected chi connectivity index (χ1v) is 10.1. The molecule has 1 atom stereocenters. The largest absolute Gasteiger partial charge is 0.436 e. The first-order chi connectivity index (χ1) is 14.5. The maximum Gasteiger partial charge on any atom is 0.258 e. The van der Waals surface area contributed by atoms with Crippen LogP contribution in [-0.2, 0) is 0 Å². The van der Waals surface area contributed by atoms with E-state index in [9.17, 15) is 9.18 Å². The van der Waals surface area contributed by atoms with Crippen LogP contribution < -0.4 is 5.32 Å². The van der Waals surface area contributed by atoms with Crippen molar-refractivity contribution in [1.82, 2.24) is 4.98 Å². The van der Waals surface area contributed by atoms with Gasteiger partial charge in [-0.05, 0) is 60.4 Å². The maximum absolute atomic E-state index is 13.9. The van der Waals surface area contributed by atoms with Gasteiger partial charge in [0, 0.05) is 5.56 Å². The van der Waals surface area contributed by atoms with Crippen LogP contribution in [0.25, 0.3) is 22.6 Å². The van der Waals surface area contributed by atoms with E-state index in [1.54, 1.807) is 24.3 Å². The number of hydrogen-bond donors (Lipinski definition) is 1. The van der Waals surface area contributed by atoms with Crippen LogP contribution in [-0.4, -0.2) is 10.9 Å². The van der Waals surface area contributed by atoms with E-state index in [-0.39, 0.29) is 5.56 Å². The lowest BCUT2D eigenvalue weighted by molar-refractivity contribution is 0.102. The highest BCUT2D eigenvalue weighted by Gasteiger charge is 2.16. The number of benzene rings is 3. The van der Waals surface area contributed by atoms with Gasteiger partial charge in [-0.15, -0.1) is 0 Å². The van der Waals surface area contributed by atoms with Gasteiger partial charge in [-0.2, -0.15) is 0 Å². The quantitative estimate of drug-likeness (QED) is 0.374. The minimum absolute atomic E-state index is 0.0570. The molecule has 0 fully saturated rings. The Morgan fingerprint density at radius 3 is 2.73 bits per heavy atom. The Morgan fingerprint density at radius 2 is 1.97 bits per heavy atom. The Bertz CT molecular complexity index is 1240. The van der Waals surface area contributed by atoms with E-state index in [0.29, 0.717) is 33.7 Å². The second-order valence-corrected chi connectivity index (χ2v) is 7.59. The normalized spacial score (nSPS) is 12.1. The van der Waals surface area contributed by atoms with E-state index in [4.69, 9.17) is 16.0 Å². The molecule has 0 saturated carbocycles. The summed E-state index contributed by atoms with van der Waals surface area (Å²) in [6.07, 6.45) is 1.04. The standard InChI is InChI=1S/C24H20ClFN2O2/c1-3-14(2)15-9-11-22-21(12-15)28-24(30-22)16-8-10-18(25)20(13-16)27-23(29)17-6-4-5-7-19(17)26/h4-14H,3H2,1-2H3,(H,27,29)/t14-/m1/s1. The second-order valence-electron chi connectivity index (χ2n) is 7.18. The number of nitrogens with one attached hydrogen (secondary N) is 1. The van der Waals surface area contributed by atoms with Gasteiger partial charge in [0.15, 0.2) is 5.58 Å². The molecule has 0 unspecified atom stereocenters. The van der Waals surface area contributed by atoms with E-state index in [1.807, 2.05) is 18.2 Å². The smallest absolute Gasteiger partial charge is 0.258 e. The van der Waals surface area contributed by atoms with Crippen molar-refractivity contribution in [3.63, 3.8) is 0 Å². The van der Waals surface area contributed by atoms with E-state index in [2.05, 4.69) is 24.1 Å². The van der Waals surface area contributed by atoms with E-state index < -0.39 is 11.7 Å². The molecule has 1 amide bonds. The molecule has 30 heavy (non-hydrogen) atoms. The summed E-state index contributed by atoms with van der Waals surface area (Å²) >= 11 is 6.25. The van der Waals surface area contributed by atoms with Crippen LogP contribution in [0, 0.1) is 5.82 Å². The SMILES string of the molecule is CC[C@@H](C)c1ccc2oc(-c3ccc(Cl)c(NC(=O)c4ccccc4F)c3)nc2c1. The summed E-state index contributed by atoms with van der Waals surface area (Å²) in [5.74, 6) is -0.323. The molecule has 0 aliphatic rings. The summed E-state index contributed by atoms with van der Waals surface area (Å²) in [6.45, 7) is 4.32. The zero-order valence-electron chi connectivity index (χ0n) is 16.6. The highest BCUT2D eigenvalue weighted by atomic mass is 35.5. The molecular formula is C24H20ClFN2O2. The maximum atomic E-state index is 13.9. The number of amides is 1. The summed E-state index contributed by atoms with van der Waals surface area (Å²) in [7, 11) is 0. The fourth-order valence-corrected chi connectivity index (χ4v) is 3.36. The molecule has 0 spiro atoms. The molecule has 1 N–H and O–H groups in total. The zero-order chi connectivity index (χ0) is 21.3. The third-order valence-electron chi connectivity index (χ3n) is 5.17. The van der Waals surface area contributed by atoms with E-state index in [0.717, 1.165) is 11.9 Å². The predicted molar refractivity (Wildman–Crippen MR) is 118 cm³/mol. The summed E-state index contributed by atoms with van der Waals surface area (Å²) in [5.41, 5.74) is 3.62. The number of oxazole rings is 1. The Morgan fingerprint density at radius 1 is 1.17 bits per heavy atom. The van der Waals surface area contributed by atoms with E-state index >= 15 is 0 Å².